The lowest BCUT2D eigenvalue weighted by atomic mass is 10.2. The van der Waals surface area contributed by atoms with E-state index in [1.165, 1.54) is 17.9 Å². The van der Waals surface area contributed by atoms with Crippen LogP contribution in [0.25, 0.3) is 5.69 Å². The highest BCUT2D eigenvalue weighted by molar-refractivity contribution is 5.96. The molecule has 0 bridgehead atoms. The molecule has 7 heteroatoms. The minimum atomic E-state index is -0.619. The van der Waals surface area contributed by atoms with Crippen molar-refractivity contribution >= 4 is 11.7 Å². The van der Waals surface area contributed by atoms with E-state index in [0.29, 0.717) is 17.2 Å². The highest BCUT2D eigenvalue weighted by Gasteiger charge is 2.23. The molecule has 0 spiro atoms. The van der Waals surface area contributed by atoms with Gasteiger partial charge < -0.3 is 24.5 Å². The van der Waals surface area contributed by atoms with E-state index in [4.69, 9.17) is 25.2 Å². The second kappa shape index (κ2) is 4.76. The van der Waals surface area contributed by atoms with Gasteiger partial charge in [0, 0.05) is 18.0 Å². The maximum absolute atomic E-state index is 11.9. The van der Waals surface area contributed by atoms with Gasteiger partial charge in [0.2, 0.25) is 6.79 Å². The quantitative estimate of drug-likeness (QED) is 0.838. The van der Waals surface area contributed by atoms with E-state index in [1.54, 1.807) is 18.2 Å². The number of anilines is 1. The van der Waals surface area contributed by atoms with Crippen LogP contribution >= 0.6 is 0 Å². The van der Waals surface area contributed by atoms with Crippen molar-refractivity contribution in [2.75, 3.05) is 19.6 Å². The monoisotopic (exact) mass is 285 g/mol. The summed E-state index contributed by atoms with van der Waals surface area (Å²) in [7, 11) is 1.25. The van der Waals surface area contributed by atoms with Crippen LogP contribution in [-0.2, 0) is 4.74 Å². The molecular weight excluding hydrogens is 274 g/mol. The Kier molecular flexibility index (Phi) is 2.92. The average Bonchev–Trinajstić information content (AvgIpc) is 3.09. The van der Waals surface area contributed by atoms with Gasteiger partial charge in [-0.2, -0.15) is 5.26 Å². The van der Waals surface area contributed by atoms with Gasteiger partial charge in [0.15, 0.2) is 17.2 Å². The van der Waals surface area contributed by atoms with Gasteiger partial charge in [0.25, 0.3) is 0 Å². The van der Waals surface area contributed by atoms with E-state index in [1.807, 2.05) is 6.07 Å². The molecular formula is C14H11N3O4. The summed E-state index contributed by atoms with van der Waals surface area (Å²) in [5, 5.41) is 9.07. The third-order valence-electron chi connectivity index (χ3n) is 3.18. The molecule has 0 atom stereocenters. The number of hydrogen-bond donors (Lipinski definition) is 1. The highest BCUT2D eigenvalue weighted by atomic mass is 16.7. The summed E-state index contributed by atoms with van der Waals surface area (Å²) < 4.78 is 16.8. The van der Waals surface area contributed by atoms with E-state index < -0.39 is 5.97 Å². The van der Waals surface area contributed by atoms with Crippen molar-refractivity contribution < 1.29 is 19.0 Å². The van der Waals surface area contributed by atoms with E-state index in [0.717, 1.165) is 0 Å². The standard InChI is InChI=1S/C14H11N3O4/c1-19-14(18)13-12(16)8(5-15)6-17(13)9-2-3-10-11(4-9)21-7-20-10/h2-4,6H,7,16H2,1H3. The molecule has 1 aliphatic rings. The second-order valence-electron chi connectivity index (χ2n) is 4.32. The zero-order valence-corrected chi connectivity index (χ0v) is 11.1. The van der Waals surface area contributed by atoms with Crippen LogP contribution in [0.3, 0.4) is 0 Å². The van der Waals surface area contributed by atoms with Crippen LogP contribution < -0.4 is 15.2 Å². The Hall–Kier alpha value is -3.14. The van der Waals surface area contributed by atoms with Crippen LogP contribution in [0, 0.1) is 11.3 Å². The first-order valence-corrected chi connectivity index (χ1v) is 6.05. The van der Waals surface area contributed by atoms with Gasteiger partial charge >= 0.3 is 5.97 Å². The second-order valence-corrected chi connectivity index (χ2v) is 4.32. The SMILES string of the molecule is COC(=O)c1c(N)c(C#N)cn1-c1ccc2c(c1)OCO2. The Morgan fingerprint density at radius 3 is 2.90 bits per heavy atom. The van der Waals surface area contributed by atoms with Crippen molar-refractivity contribution in [3.8, 4) is 23.3 Å². The molecule has 0 radical (unpaired) electrons. The Balaban J connectivity index is 2.18. The van der Waals surface area contributed by atoms with Crippen LogP contribution in [-0.4, -0.2) is 24.4 Å². The number of nitriles is 1. The predicted molar refractivity (Wildman–Crippen MR) is 72.4 cm³/mol. The van der Waals surface area contributed by atoms with Gasteiger partial charge in [0.1, 0.15) is 6.07 Å². The van der Waals surface area contributed by atoms with Gasteiger partial charge in [-0.15, -0.1) is 0 Å². The van der Waals surface area contributed by atoms with Crippen LogP contribution in [0.5, 0.6) is 11.5 Å². The number of nitrogens with two attached hydrogens (primary N) is 1. The Morgan fingerprint density at radius 2 is 2.19 bits per heavy atom. The molecule has 0 saturated carbocycles. The van der Waals surface area contributed by atoms with Crippen molar-refractivity contribution in [1.29, 1.82) is 5.26 Å². The molecule has 1 aromatic carbocycles. The molecule has 2 heterocycles. The number of rotatable bonds is 2. The number of hydrogen-bond acceptors (Lipinski definition) is 6. The third-order valence-corrected chi connectivity index (χ3v) is 3.18. The summed E-state index contributed by atoms with van der Waals surface area (Å²) in [5.41, 5.74) is 6.85. The highest BCUT2D eigenvalue weighted by Crippen LogP contribution is 2.35. The molecule has 0 saturated heterocycles. The summed E-state index contributed by atoms with van der Waals surface area (Å²) in [6.07, 6.45) is 1.49. The number of carbonyl (C=O) groups is 1. The zero-order chi connectivity index (χ0) is 15.0. The normalized spacial score (nSPS) is 12.0. The molecule has 3 rings (SSSR count). The molecule has 2 N–H and O–H groups in total. The van der Waals surface area contributed by atoms with Gasteiger partial charge in [-0.05, 0) is 12.1 Å². The molecule has 2 aromatic rings. The molecule has 0 fully saturated rings. The molecule has 106 valence electrons. The Labute approximate surface area is 120 Å². The lowest BCUT2D eigenvalue weighted by Crippen LogP contribution is -2.11. The molecule has 0 amide bonds. The molecule has 21 heavy (non-hydrogen) atoms. The molecule has 1 aliphatic heterocycles. The maximum atomic E-state index is 11.9. The van der Waals surface area contributed by atoms with Crippen molar-refractivity contribution in [2.45, 2.75) is 0 Å². The van der Waals surface area contributed by atoms with E-state index >= 15 is 0 Å². The number of aromatic nitrogens is 1. The fraction of sp³-hybridized carbons (Fsp3) is 0.143. The molecule has 0 unspecified atom stereocenters. The number of nitrogens with zero attached hydrogens (tertiary/aromatic N) is 2. The van der Waals surface area contributed by atoms with Crippen LogP contribution in [0.2, 0.25) is 0 Å². The van der Waals surface area contributed by atoms with Crippen molar-refractivity contribution in [3.63, 3.8) is 0 Å². The van der Waals surface area contributed by atoms with Gasteiger partial charge in [-0.3, -0.25) is 0 Å². The fourth-order valence-electron chi connectivity index (χ4n) is 2.15. The molecule has 1 aromatic heterocycles. The summed E-state index contributed by atoms with van der Waals surface area (Å²) in [5.74, 6) is 0.569. The Bertz CT molecular complexity index is 773. The van der Waals surface area contributed by atoms with Gasteiger partial charge in [0.05, 0.1) is 18.4 Å². The summed E-state index contributed by atoms with van der Waals surface area (Å²) in [6, 6.07) is 7.11. The third kappa shape index (κ3) is 1.94. The first-order chi connectivity index (χ1) is 10.2. The topological polar surface area (TPSA) is 99.5 Å². The number of carbonyl (C=O) groups excluding carboxylic acids is 1. The predicted octanol–water partition coefficient (Wildman–Crippen LogP) is 1.45. The molecule has 7 nitrogen and oxygen atoms in total. The summed E-state index contributed by atoms with van der Waals surface area (Å²) in [4.78, 5) is 11.9. The first-order valence-electron chi connectivity index (χ1n) is 6.05. The summed E-state index contributed by atoms with van der Waals surface area (Å²) >= 11 is 0. The fourth-order valence-corrected chi connectivity index (χ4v) is 2.15. The summed E-state index contributed by atoms with van der Waals surface area (Å²) in [6.45, 7) is 0.153. The van der Waals surface area contributed by atoms with Crippen molar-refractivity contribution in [3.05, 3.63) is 35.7 Å². The van der Waals surface area contributed by atoms with Crippen LogP contribution in [0.4, 0.5) is 5.69 Å². The largest absolute Gasteiger partial charge is 0.464 e. The van der Waals surface area contributed by atoms with Gasteiger partial charge in [-0.1, -0.05) is 0 Å². The smallest absolute Gasteiger partial charge is 0.357 e. The van der Waals surface area contributed by atoms with Crippen molar-refractivity contribution in [2.24, 2.45) is 0 Å². The Morgan fingerprint density at radius 1 is 1.43 bits per heavy atom. The maximum Gasteiger partial charge on any atom is 0.357 e. The van der Waals surface area contributed by atoms with Crippen LogP contribution in [0.15, 0.2) is 24.4 Å². The average molecular weight is 285 g/mol. The zero-order valence-electron chi connectivity index (χ0n) is 11.1. The van der Waals surface area contributed by atoms with Crippen LogP contribution in [0.1, 0.15) is 16.1 Å². The number of fused-ring (bicyclic) bond motifs is 1. The lowest BCUT2D eigenvalue weighted by Gasteiger charge is -2.09. The van der Waals surface area contributed by atoms with E-state index in [-0.39, 0.29) is 23.7 Å². The minimum Gasteiger partial charge on any atom is -0.464 e. The minimum absolute atomic E-state index is 0.0852. The number of nitrogen functional groups attached to an aromatic ring is 1. The van der Waals surface area contributed by atoms with Crippen molar-refractivity contribution in [1.82, 2.24) is 4.57 Å². The van der Waals surface area contributed by atoms with E-state index in [2.05, 4.69) is 0 Å². The number of benzene rings is 1. The lowest BCUT2D eigenvalue weighted by molar-refractivity contribution is 0.0593. The first kappa shape index (κ1) is 12.9. The number of methoxy groups -OCH3 is 1. The van der Waals surface area contributed by atoms with E-state index in [9.17, 15) is 4.79 Å². The number of esters is 1. The molecule has 0 aliphatic carbocycles. The number of ether oxygens (including phenoxy) is 3. The van der Waals surface area contributed by atoms with Gasteiger partial charge in [-0.25, -0.2) is 4.79 Å².